The first-order valence-corrected chi connectivity index (χ1v) is 6.33. The van der Waals surface area contributed by atoms with Gasteiger partial charge in [-0.15, -0.1) is 0 Å². The molecule has 0 spiro atoms. The molecule has 3 N–H and O–H groups in total. The van der Waals surface area contributed by atoms with Crippen molar-refractivity contribution in [1.82, 2.24) is 0 Å². The summed E-state index contributed by atoms with van der Waals surface area (Å²) in [5, 5.41) is 11.4. The molecule has 1 atom stereocenters. The molecule has 0 saturated carbocycles. The summed E-state index contributed by atoms with van der Waals surface area (Å²) in [6, 6.07) is 4.26. The molecule has 1 rings (SSSR count). The number of alkyl halides is 3. The molecule has 0 aliphatic carbocycles. The van der Waals surface area contributed by atoms with Gasteiger partial charge in [0.1, 0.15) is 6.07 Å². The lowest BCUT2D eigenvalue weighted by Gasteiger charge is -2.19. The van der Waals surface area contributed by atoms with Crippen LogP contribution in [0.5, 0.6) is 0 Å². The Morgan fingerprint density at radius 1 is 1.43 bits per heavy atom. The fourth-order valence-corrected chi connectivity index (χ4v) is 1.83. The van der Waals surface area contributed by atoms with Gasteiger partial charge in [-0.1, -0.05) is 13.8 Å². The summed E-state index contributed by atoms with van der Waals surface area (Å²) in [7, 11) is 0. The van der Waals surface area contributed by atoms with Crippen molar-refractivity contribution in [3.63, 3.8) is 0 Å². The van der Waals surface area contributed by atoms with Crippen molar-refractivity contribution in [2.24, 2.45) is 17.6 Å². The molecule has 0 heterocycles. The minimum absolute atomic E-state index is 0.0185. The van der Waals surface area contributed by atoms with Crippen LogP contribution in [0.3, 0.4) is 0 Å². The minimum atomic E-state index is -4.54. The largest absolute Gasteiger partial charge is 0.416 e. The standard InChI is InChI=1S/C14H16F3N3O/c1-8(2)11(7-19)13(21)20-12-4-3-10(14(15,16)17)5-9(12)6-18/h3-5,8,11H,7,19H2,1-2H3,(H,20,21). The second kappa shape index (κ2) is 6.59. The van der Waals surface area contributed by atoms with Gasteiger partial charge >= 0.3 is 6.18 Å². The van der Waals surface area contributed by atoms with Gasteiger partial charge in [-0.25, -0.2) is 0 Å². The number of hydrogen-bond acceptors (Lipinski definition) is 3. The first-order chi connectivity index (χ1) is 9.70. The molecule has 1 unspecified atom stereocenters. The summed E-state index contributed by atoms with van der Waals surface area (Å²) in [5.74, 6) is -0.905. The van der Waals surface area contributed by atoms with Gasteiger partial charge in [0.2, 0.25) is 5.91 Å². The lowest BCUT2D eigenvalue weighted by molar-refractivity contribution is -0.137. The predicted octanol–water partition coefficient (Wildman–Crippen LogP) is 2.75. The highest BCUT2D eigenvalue weighted by molar-refractivity contribution is 5.94. The van der Waals surface area contributed by atoms with E-state index in [1.165, 1.54) is 0 Å². The smallest absolute Gasteiger partial charge is 0.330 e. The summed E-state index contributed by atoms with van der Waals surface area (Å²) in [4.78, 5) is 12.0. The van der Waals surface area contributed by atoms with Crippen LogP contribution in [0.1, 0.15) is 25.0 Å². The van der Waals surface area contributed by atoms with Gasteiger partial charge < -0.3 is 11.1 Å². The summed E-state index contributed by atoms with van der Waals surface area (Å²) < 4.78 is 37.7. The van der Waals surface area contributed by atoms with E-state index in [4.69, 9.17) is 11.0 Å². The topological polar surface area (TPSA) is 78.9 Å². The molecular weight excluding hydrogens is 283 g/mol. The maximum Gasteiger partial charge on any atom is 0.416 e. The summed E-state index contributed by atoms with van der Waals surface area (Å²) in [5.41, 5.74) is 4.38. The van der Waals surface area contributed by atoms with Crippen molar-refractivity contribution in [3.05, 3.63) is 29.3 Å². The van der Waals surface area contributed by atoms with Crippen molar-refractivity contribution in [3.8, 4) is 6.07 Å². The van der Waals surface area contributed by atoms with Crippen LogP contribution in [-0.4, -0.2) is 12.5 Å². The summed E-state index contributed by atoms with van der Waals surface area (Å²) in [6.07, 6.45) is -4.54. The third-order valence-corrected chi connectivity index (χ3v) is 3.12. The number of nitrogens with one attached hydrogen (secondary N) is 1. The Morgan fingerprint density at radius 2 is 2.05 bits per heavy atom. The number of benzene rings is 1. The highest BCUT2D eigenvalue weighted by Gasteiger charge is 2.31. The Balaban J connectivity index is 3.05. The van der Waals surface area contributed by atoms with Crippen LogP contribution < -0.4 is 11.1 Å². The molecule has 0 aliphatic heterocycles. The Labute approximate surface area is 120 Å². The maximum atomic E-state index is 12.6. The number of amides is 1. The molecule has 0 fully saturated rings. The Bertz CT molecular complexity index is 562. The number of nitrogens with zero attached hydrogens (tertiary/aromatic N) is 1. The maximum absolute atomic E-state index is 12.6. The average Bonchev–Trinajstić information content (AvgIpc) is 2.38. The molecule has 0 aliphatic rings. The van der Waals surface area contributed by atoms with Crippen molar-refractivity contribution >= 4 is 11.6 Å². The fourth-order valence-electron chi connectivity index (χ4n) is 1.83. The van der Waals surface area contributed by atoms with E-state index in [-0.39, 0.29) is 23.7 Å². The van der Waals surface area contributed by atoms with Crippen LogP contribution >= 0.6 is 0 Å². The van der Waals surface area contributed by atoms with Crippen LogP contribution in [0.2, 0.25) is 0 Å². The molecule has 21 heavy (non-hydrogen) atoms. The van der Waals surface area contributed by atoms with Gasteiger partial charge in [0.25, 0.3) is 0 Å². The van der Waals surface area contributed by atoms with E-state index >= 15 is 0 Å². The second-order valence-electron chi connectivity index (χ2n) is 4.95. The molecule has 0 aromatic heterocycles. The fraction of sp³-hybridized carbons (Fsp3) is 0.429. The molecule has 1 amide bonds. The summed E-state index contributed by atoms with van der Waals surface area (Å²) in [6.45, 7) is 3.75. The zero-order valence-electron chi connectivity index (χ0n) is 11.7. The number of carbonyl (C=O) groups excluding carboxylic acids is 1. The van der Waals surface area contributed by atoms with Gasteiger partial charge in [0.05, 0.1) is 22.7 Å². The normalized spacial score (nSPS) is 12.9. The van der Waals surface area contributed by atoms with Gasteiger partial charge in [0, 0.05) is 6.54 Å². The molecule has 0 bridgehead atoms. The molecule has 1 aromatic rings. The van der Waals surface area contributed by atoms with Gasteiger partial charge in [-0.05, 0) is 24.1 Å². The van der Waals surface area contributed by atoms with Crippen LogP contribution in [0.15, 0.2) is 18.2 Å². The molecule has 114 valence electrons. The summed E-state index contributed by atoms with van der Waals surface area (Å²) >= 11 is 0. The SMILES string of the molecule is CC(C)C(CN)C(=O)Nc1ccc(C(F)(F)F)cc1C#N. The second-order valence-corrected chi connectivity index (χ2v) is 4.95. The van der Waals surface area contributed by atoms with E-state index in [0.717, 1.165) is 12.1 Å². The molecule has 7 heteroatoms. The molecule has 1 aromatic carbocycles. The van der Waals surface area contributed by atoms with E-state index in [1.807, 2.05) is 13.8 Å². The highest BCUT2D eigenvalue weighted by atomic mass is 19.4. The number of nitrogens with two attached hydrogens (primary N) is 1. The number of nitriles is 1. The Hall–Kier alpha value is -2.07. The first kappa shape index (κ1) is 17.0. The Kier molecular flexibility index (Phi) is 5.33. The lowest BCUT2D eigenvalue weighted by Crippen LogP contribution is -2.33. The average molecular weight is 299 g/mol. The predicted molar refractivity (Wildman–Crippen MR) is 72.2 cm³/mol. The minimum Gasteiger partial charge on any atom is -0.330 e. The molecular formula is C14H16F3N3O. The van der Waals surface area contributed by atoms with Crippen LogP contribution in [0.4, 0.5) is 18.9 Å². The number of rotatable bonds is 4. The van der Waals surface area contributed by atoms with E-state index in [1.54, 1.807) is 6.07 Å². The van der Waals surface area contributed by atoms with Gasteiger partial charge in [-0.2, -0.15) is 18.4 Å². The highest BCUT2D eigenvalue weighted by Crippen LogP contribution is 2.31. The first-order valence-electron chi connectivity index (χ1n) is 6.33. The monoisotopic (exact) mass is 299 g/mol. The van der Waals surface area contributed by atoms with Crippen LogP contribution in [0, 0.1) is 23.2 Å². The van der Waals surface area contributed by atoms with E-state index in [2.05, 4.69) is 5.32 Å². The zero-order valence-corrected chi connectivity index (χ0v) is 11.7. The van der Waals surface area contributed by atoms with Crippen molar-refractivity contribution < 1.29 is 18.0 Å². The van der Waals surface area contributed by atoms with Crippen molar-refractivity contribution in [2.45, 2.75) is 20.0 Å². The quantitative estimate of drug-likeness (QED) is 0.897. The Morgan fingerprint density at radius 3 is 2.48 bits per heavy atom. The van der Waals surface area contributed by atoms with Gasteiger partial charge in [0.15, 0.2) is 0 Å². The number of halogens is 3. The van der Waals surface area contributed by atoms with Crippen molar-refractivity contribution in [2.75, 3.05) is 11.9 Å². The van der Waals surface area contributed by atoms with Gasteiger partial charge in [-0.3, -0.25) is 4.79 Å². The third-order valence-electron chi connectivity index (χ3n) is 3.12. The lowest BCUT2D eigenvalue weighted by atomic mass is 9.95. The van der Waals surface area contributed by atoms with Crippen LogP contribution in [-0.2, 0) is 11.0 Å². The molecule has 4 nitrogen and oxygen atoms in total. The van der Waals surface area contributed by atoms with Crippen molar-refractivity contribution in [1.29, 1.82) is 5.26 Å². The van der Waals surface area contributed by atoms with Crippen LogP contribution in [0.25, 0.3) is 0 Å². The van der Waals surface area contributed by atoms with E-state index in [0.29, 0.717) is 6.07 Å². The van der Waals surface area contributed by atoms with E-state index in [9.17, 15) is 18.0 Å². The van der Waals surface area contributed by atoms with E-state index < -0.39 is 23.6 Å². The number of carbonyl (C=O) groups is 1. The molecule has 0 radical (unpaired) electrons. The third kappa shape index (κ3) is 4.20. The molecule has 0 saturated heterocycles. The number of anilines is 1. The number of hydrogen-bond donors (Lipinski definition) is 2. The zero-order chi connectivity index (χ0) is 16.2.